The number of hydrogen-bond donors (Lipinski definition) is 2. The van der Waals surface area contributed by atoms with E-state index in [9.17, 15) is 0 Å². The van der Waals surface area contributed by atoms with Crippen molar-refractivity contribution in [1.82, 2.24) is 20.6 Å². The van der Waals surface area contributed by atoms with Crippen molar-refractivity contribution in [1.29, 1.82) is 0 Å². The fraction of sp³-hybridized carbons (Fsp3) is 0.125. The Morgan fingerprint density at radius 3 is 3.38 bits per heavy atom. The van der Waals surface area contributed by atoms with Gasteiger partial charge in [-0.25, -0.2) is 0 Å². The fourth-order valence-electron chi connectivity index (χ4n) is 1.50. The fourth-order valence-corrected chi connectivity index (χ4v) is 2.42. The first kappa shape index (κ1) is 7.08. The summed E-state index contributed by atoms with van der Waals surface area (Å²) in [6.07, 6.45) is 3.85. The highest BCUT2D eigenvalue weighted by molar-refractivity contribution is 8.10. The van der Waals surface area contributed by atoms with Crippen molar-refractivity contribution >= 4 is 22.9 Å². The van der Waals surface area contributed by atoms with E-state index in [2.05, 4.69) is 21.4 Å². The zero-order valence-electron chi connectivity index (χ0n) is 7.03. The average molecular weight is 192 g/mol. The highest BCUT2D eigenvalue weighted by atomic mass is 32.2. The third-order valence-corrected chi connectivity index (χ3v) is 3.12. The van der Waals surface area contributed by atoms with Crippen LogP contribution in [0.3, 0.4) is 0 Å². The zero-order valence-corrected chi connectivity index (χ0v) is 7.85. The Balaban J connectivity index is 2.47. The quantitative estimate of drug-likeness (QED) is 0.551. The van der Waals surface area contributed by atoms with E-state index in [1.807, 2.05) is 24.1 Å². The van der Waals surface area contributed by atoms with Crippen LogP contribution in [0.5, 0.6) is 0 Å². The molecule has 0 atom stereocenters. The van der Waals surface area contributed by atoms with Crippen LogP contribution in [0.15, 0.2) is 17.3 Å². The molecule has 66 valence electrons. The number of fused-ring (bicyclic) bond motifs is 2. The van der Waals surface area contributed by atoms with Gasteiger partial charge >= 0.3 is 0 Å². The number of aromatic nitrogens is 2. The Morgan fingerprint density at radius 2 is 2.46 bits per heavy atom. The van der Waals surface area contributed by atoms with E-state index in [1.165, 1.54) is 4.91 Å². The second kappa shape index (κ2) is 2.32. The van der Waals surface area contributed by atoms with Gasteiger partial charge in [0.05, 0.1) is 22.1 Å². The standard InChI is InChI=1S/C8H8N4S/c1-12-6-4-13-7-3-9-11-8(7)5(6)2-10-12/h2-4,9,11H,1H3. The Morgan fingerprint density at radius 1 is 1.54 bits per heavy atom. The summed E-state index contributed by atoms with van der Waals surface area (Å²) >= 11 is 1.71. The molecule has 0 fully saturated rings. The molecular weight excluding hydrogens is 184 g/mol. The van der Waals surface area contributed by atoms with Crippen LogP contribution in [0.2, 0.25) is 0 Å². The van der Waals surface area contributed by atoms with Gasteiger partial charge in [-0.05, 0) is 0 Å². The molecule has 3 heterocycles. The number of hydrogen-bond acceptors (Lipinski definition) is 4. The lowest BCUT2D eigenvalue weighted by Crippen LogP contribution is -2.35. The van der Waals surface area contributed by atoms with Crippen LogP contribution in [-0.2, 0) is 7.05 Å². The van der Waals surface area contributed by atoms with Crippen LogP contribution >= 0.6 is 11.8 Å². The van der Waals surface area contributed by atoms with Crippen LogP contribution in [0, 0.1) is 0 Å². The van der Waals surface area contributed by atoms with Crippen LogP contribution in [0.1, 0.15) is 0 Å². The van der Waals surface area contributed by atoms with Crippen molar-refractivity contribution in [3.63, 3.8) is 0 Å². The molecule has 2 aliphatic rings. The summed E-state index contributed by atoms with van der Waals surface area (Å²) in [5.74, 6) is 0. The van der Waals surface area contributed by atoms with Crippen LogP contribution < -0.4 is 21.4 Å². The summed E-state index contributed by atoms with van der Waals surface area (Å²) in [7, 11) is 1.95. The van der Waals surface area contributed by atoms with E-state index >= 15 is 0 Å². The van der Waals surface area contributed by atoms with E-state index in [-0.39, 0.29) is 0 Å². The summed E-state index contributed by atoms with van der Waals surface area (Å²) in [6.45, 7) is 0. The molecule has 0 saturated heterocycles. The van der Waals surface area contributed by atoms with E-state index < -0.39 is 0 Å². The van der Waals surface area contributed by atoms with E-state index in [1.54, 1.807) is 11.8 Å². The molecule has 5 heteroatoms. The van der Waals surface area contributed by atoms with Gasteiger partial charge in [-0.2, -0.15) is 5.10 Å². The lowest BCUT2D eigenvalue weighted by molar-refractivity contribution is 0.743. The predicted octanol–water partition coefficient (Wildman–Crippen LogP) is -1.04. The lowest BCUT2D eigenvalue weighted by Gasteiger charge is -2.05. The monoisotopic (exact) mass is 192 g/mol. The van der Waals surface area contributed by atoms with E-state index in [4.69, 9.17) is 0 Å². The first-order valence-electron chi connectivity index (χ1n) is 3.97. The molecule has 0 unspecified atom stereocenters. The molecule has 4 nitrogen and oxygen atoms in total. The van der Waals surface area contributed by atoms with Gasteiger partial charge in [0.25, 0.3) is 0 Å². The summed E-state index contributed by atoms with van der Waals surface area (Å²) in [4.78, 5) is 1.22. The molecule has 0 bridgehead atoms. The van der Waals surface area contributed by atoms with E-state index in [0.29, 0.717) is 0 Å². The van der Waals surface area contributed by atoms with Gasteiger partial charge in [0.2, 0.25) is 0 Å². The third-order valence-electron chi connectivity index (χ3n) is 2.20. The van der Waals surface area contributed by atoms with Gasteiger partial charge in [-0.1, -0.05) is 11.8 Å². The van der Waals surface area contributed by atoms with Gasteiger partial charge in [-0.15, -0.1) is 0 Å². The largest absolute Gasteiger partial charge is 0.307 e. The number of hydrazine groups is 1. The van der Waals surface area contributed by atoms with Crippen molar-refractivity contribution in [3.05, 3.63) is 27.9 Å². The predicted molar refractivity (Wildman–Crippen MR) is 52.3 cm³/mol. The number of aryl methyl sites for hydroxylation is 1. The highest BCUT2D eigenvalue weighted by Gasteiger charge is 2.16. The number of thioether (sulfide) groups is 1. The minimum absolute atomic E-state index is 1.13. The smallest absolute Gasteiger partial charge is 0.0804 e. The topological polar surface area (TPSA) is 41.9 Å². The average Bonchev–Trinajstić information content (AvgIpc) is 2.70. The minimum Gasteiger partial charge on any atom is -0.307 e. The molecule has 3 rings (SSSR count). The molecule has 0 radical (unpaired) electrons. The molecule has 0 amide bonds. The summed E-state index contributed by atoms with van der Waals surface area (Å²) in [5.41, 5.74) is 7.23. The van der Waals surface area contributed by atoms with E-state index in [0.717, 1.165) is 16.3 Å². The normalized spacial score (nSPS) is 17.9. The van der Waals surface area contributed by atoms with Crippen molar-refractivity contribution in [2.75, 3.05) is 0 Å². The molecule has 13 heavy (non-hydrogen) atoms. The third kappa shape index (κ3) is 0.846. The van der Waals surface area contributed by atoms with Gasteiger partial charge in [0.1, 0.15) is 0 Å². The lowest BCUT2D eigenvalue weighted by atomic mass is 10.3. The Labute approximate surface area is 79.0 Å². The molecule has 1 aromatic heterocycles. The zero-order chi connectivity index (χ0) is 8.84. The molecule has 1 aromatic rings. The number of nitrogens with one attached hydrogen (secondary N) is 2. The Kier molecular flexibility index (Phi) is 1.26. The van der Waals surface area contributed by atoms with Gasteiger partial charge in [-0.3, -0.25) is 10.1 Å². The number of nitrogens with zero attached hydrogens (tertiary/aromatic N) is 2. The number of rotatable bonds is 0. The molecule has 0 aromatic carbocycles. The maximum absolute atomic E-state index is 4.21. The minimum atomic E-state index is 1.13. The molecule has 2 N–H and O–H groups in total. The molecule has 0 aliphatic carbocycles. The van der Waals surface area contributed by atoms with Gasteiger partial charge in [0, 0.05) is 23.9 Å². The van der Waals surface area contributed by atoms with Gasteiger partial charge < -0.3 is 5.43 Å². The summed E-state index contributed by atoms with van der Waals surface area (Å²) in [6, 6.07) is 0. The van der Waals surface area contributed by atoms with Crippen molar-refractivity contribution in [2.45, 2.75) is 0 Å². The maximum atomic E-state index is 4.21. The summed E-state index contributed by atoms with van der Waals surface area (Å²) < 4.78 is 1.88. The first-order chi connectivity index (χ1) is 6.36. The van der Waals surface area contributed by atoms with Crippen molar-refractivity contribution in [2.24, 2.45) is 7.05 Å². The van der Waals surface area contributed by atoms with Crippen LogP contribution in [0.4, 0.5) is 0 Å². The SMILES string of the molecule is Cn1ncc2c1=CSC1=CNNC=21. The second-order valence-corrected chi connectivity index (χ2v) is 3.87. The first-order valence-corrected chi connectivity index (χ1v) is 4.85. The van der Waals surface area contributed by atoms with Crippen molar-refractivity contribution < 1.29 is 0 Å². The van der Waals surface area contributed by atoms with Crippen molar-refractivity contribution in [3.8, 4) is 0 Å². The Hall–Kier alpha value is -1.36. The molecular formula is C8H8N4S. The highest BCUT2D eigenvalue weighted by Crippen LogP contribution is 2.26. The summed E-state index contributed by atoms with van der Waals surface area (Å²) in [5, 5.41) is 8.66. The second-order valence-electron chi connectivity index (χ2n) is 2.96. The Bertz CT molecular complexity index is 511. The molecule has 0 saturated carbocycles. The van der Waals surface area contributed by atoms with Crippen LogP contribution in [0.25, 0.3) is 11.1 Å². The molecule has 0 spiro atoms. The molecule has 2 aliphatic heterocycles. The maximum Gasteiger partial charge on any atom is 0.0804 e. The van der Waals surface area contributed by atoms with Crippen LogP contribution in [-0.4, -0.2) is 9.78 Å². The van der Waals surface area contributed by atoms with Gasteiger partial charge in [0.15, 0.2) is 0 Å².